The van der Waals surface area contributed by atoms with Crippen LogP contribution in [0, 0.1) is 0 Å². The minimum atomic E-state index is -1.04. The molecule has 0 saturated heterocycles. The third-order valence-electron chi connectivity index (χ3n) is 0.470. The smallest absolute Gasteiger partial charge is 0.343 e. The van der Waals surface area contributed by atoms with E-state index in [0.29, 0.717) is 0 Å². The molecule has 0 bridgehead atoms. The number of hydrogen-bond donors (Lipinski definition) is 3. The molecule has 0 N–H and O–H groups in total. The third kappa shape index (κ3) is 2.74. The molecule has 48 valence electrons. The summed E-state index contributed by atoms with van der Waals surface area (Å²) in [5, 5.41) is 0. The van der Waals surface area contributed by atoms with Gasteiger partial charge in [-0.3, -0.25) is 0 Å². The van der Waals surface area contributed by atoms with Crippen molar-refractivity contribution in [1.82, 2.24) is 0 Å². The summed E-state index contributed by atoms with van der Waals surface area (Å²) in [7, 11) is 0. The van der Waals surface area contributed by atoms with Crippen molar-refractivity contribution in [2.24, 2.45) is 0 Å². The van der Waals surface area contributed by atoms with Gasteiger partial charge in [-0.25, -0.2) is 4.79 Å². The Morgan fingerprint density at radius 3 is 2.00 bits per heavy atom. The van der Waals surface area contributed by atoms with E-state index in [2.05, 4.69) is 42.4 Å². The lowest BCUT2D eigenvalue weighted by molar-refractivity contribution is -0.132. The van der Waals surface area contributed by atoms with E-state index in [-0.39, 0.29) is 0 Å². The fourth-order valence-corrected chi connectivity index (χ4v) is 0.504. The van der Waals surface area contributed by atoms with Crippen molar-refractivity contribution in [3.05, 3.63) is 0 Å². The van der Waals surface area contributed by atoms with E-state index in [4.69, 9.17) is 0 Å². The highest BCUT2D eigenvalue weighted by atomic mass is 32.2. The average Bonchev–Trinajstić information content (AvgIpc) is 1.62. The van der Waals surface area contributed by atoms with Gasteiger partial charge < -0.3 is 4.18 Å². The maximum atomic E-state index is 10.4. The van der Waals surface area contributed by atoms with Crippen LogP contribution in [0.3, 0.4) is 0 Å². The Labute approximate surface area is 64.4 Å². The molecule has 0 aromatic rings. The molecular formula is C3H6O2S3. The molecule has 0 aromatic carbocycles. The van der Waals surface area contributed by atoms with Gasteiger partial charge in [-0.2, -0.15) is 25.3 Å². The number of hydrogen-bond acceptors (Lipinski definition) is 5. The summed E-state index contributed by atoms with van der Waals surface area (Å²) in [5.41, 5.74) is 0. The van der Waals surface area contributed by atoms with Gasteiger partial charge in [0.2, 0.25) is 0 Å². The van der Waals surface area contributed by atoms with Gasteiger partial charge in [0.25, 0.3) is 0 Å². The van der Waals surface area contributed by atoms with Crippen LogP contribution < -0.4 is 0 Å². The molecule has 0 fully saturated rings. The van der Waals surface area contributed by atoms with E-state index in [1.54, 1.807) is 0 Å². The Morgan fingerprint density at radius 2 is 2.00 bits per heavy atom. The van der Waals surface area contributed by atoms with Crippen LogP contribution in [0.4, 0.5) is 0 Å². The van der Waals surface area contributed by atoms with E-state index >= 15 is 0 Å². The molecule has 0 aliphatic heterocycles. The molecule has 0 heterocycles. The van der Waals surface area contributed by atoms with Gasteiger partial charge in [0.05, 0.1) is 0 Å². The first-order valence-corrected chi connectivity index (χ1v) is 3.05. The molecule has 0 aliphatic carbocycles. The van der Waals surface area contributed by atoms with Crippen LogP contribution in [0.15, 0.2) is 0 Å². The largest absolute Gasteiger partial charge is 0.393 e. The molecule has 0 atom stereocenters. The lowest BCUT2D eigenvalue weighted by atomic mass is 10.5. The van der Waals surface area contributed by atoms with Crippen molar-refractivity contribution in [2.75, 3.05) is 0 Å². The van der Waals surface area contributed by atoms with Gasteiger partial charge in [-0.1, -0.05) is 0 Å². The maximum Gasteiger partial charge on any atom is 0.343 e. The van der Waals surface area contributed by atoms with Crippen molar-refractivity contribution in [3.63, 3.8) is 0 Å². The first-order chi connectivity index (χ1) is 3.48. The zero-order chi connectivity index (χ0) is 6.78. The average molecular weight is 170 g/mol. The monoisotopic (exact) mass is 170 g/mol. The van der Waals surface area contributed by atoms with Crippen LogP contribution in [0.2, 0.25) is 0 Å². The third-order valence-corrected chi connectivity index (χ3v) is 1.00. The van der Waals surface area contributed by atoms with Gasteiger partial charge >= 0.3 is 5.97 Å². The molecular weight excluding hydrogens is 164 g/mol. The molecule has 0 amide bonds. The molecule has 0 radical (unpaired) electrons. The summed E-state index contributed by atoms with van der Waals surface area (Å²) in [5.74, 6) is -0.576. The van der Waals surface area contributed by atoms with Crippen LogP contribution in [0.25, 0.3) is 0 Å². The number of rotatable bonds is 1. The Bertz CT molecular complexity index is 95.2. The van der Waals surface area contributed by atoms with Crippen LogP contribution in [0.5, 0.6) is 0 Å². The lowest BCUT2D eigenvalue weighted by Gasteiger charge is -2.09. The SMILES string of the molecule is CC(S)(S)C(=O)OS. The maximum absolute atomic E-state index is 10.4. The highest BCUT2D eigenvalue weighted by molar-refractivity contribution is 8.02. The van der Waals surface area contributed by atoms with Gasteiger partial charge in [-0.15, -0.1) is 0 Å². The first kappa shape index (κ1) is 8.52. The zero-order valence-corrected chi connectivity index (χ0v) is 6.84. The highest BCUT2D eigenvalue weighted by Crippen LogP contribution is 2.19. The molecule has 0 saturated carbocycles. The molecule has 0 spiro atoms. The van der Waals surface area contributed by atoms with Crippen molar-refractivity contribution in [2.45, 2.75) is 11.0 Å². The molecule has 0 rings (SSSR count). The minimum Gasteiger partial charge on any atom is -0.393 e. The van der Waals surface area contributed by atoms with Crippen LogP contribution >= 0.6 is 38.2 Å². The summed E-state index contributed by atoms with van der Waals surface area (Å²) < 4.78 is 2.98. The van der Waals surface area contributed by atoms with Crippen molar-refractivity contribution >= 4 is 44.1 Å². The second-order valence-corrected chi connectivity index (χ2v) is 3.72. The highest BCUT2D eigenvalue weighted by Gasteiger charge is 2.24. The lowest BCUT2D eigenvalue weighted by Crippen LogP contribution is -2.21. The Balaban J connectivity index is 3.82. The second-order valence-electron chi connectivity index (χ2n) is 1.40. The quantitative estimate of drug-likeness (QED) is 0.310. The van der Waals surface area contributed by atoms with Gasteiger partial charge in [0.15, 0.2) is 4.08 Å². The van der Waals surface area contributed by atoms with Crippen LogP contribution in [-0.2, 0) is 8.98 Å². The predicted molar refractivity (Wildman–Crippen MR) is 41.5 cm³/mol. The molecule has 0 aliphatic rings. The summed E-state index contributed by atoms with van der Waals surface area (Å²) in [6, 6.07) is 0. The van der Waals surface area contributed by atoms with E-state index in [0.717, 1.165) is 0 Å². The van der Waals surface area contributed by atoms with Gasteiger partial charge in [0.1, 0.15) is 0 Å². The van der Waals surface area contributed by atoms with E-state index < -0.39 is 10.0 Å². The summed E-state index contributed by atoms with van der Waals surface area (Å²) in [4.78, 5) is 10.4. The molecule has 0 aromatic heterocycles. The summed E-state index contributed by atoms with van der Waals surface area (Å²) in [6.45, 7) is 1.50. The van der Waals surface area contributed by atoms with E-state index in [9.17, 15) is 4.79 Å². The normalized spacial score (nSPS) is 11.0. The van der Waals surface area contributed by atoms with Crippen LogP contribution in [-0.4, -0.2) is 10.0 Å². The van der Waals surface area contributed by atoms with Gasteiger partial charge in [0, 0.05) is 12.9 Å². The predicted octanol–water partition coefficient (Wildman–Crippen LogP) is 0.950. The van der Waals surface area contributed by atoms with Gasteiger partial charge in [-0.05, 0) is 6.92 Å². The number of thiol groups is 3. The van der Waals surface area contributed by atoms with E-state index in [1.807, 2.05) is 0 Å². The number of carbonyl (C=O) groups is 1. The summed E-state index contributed by atoms with van der Waals surface area (Å²) >= 11 is 10.8. The van der Waals surface area contributed by atoms with E-state index in [1.165, 1.54) is 6.92 Å². The Morgan fingerprint density at radius 1 is 1.62 bits per heavy atom. The molecule has 0 unspecified atom stereocenters. The fourth-order valence-electron chi connectivity index (χ4n) is 0.0865. The van der Waals surface area contributed by atoms with Crippen molar-refractivity contribution in [1.29, 1.82) is 0 Å². The first-order valence-electron chi connectivity index (χ1n) is 1.79. The Hall–Kier alpha value is 0.520. The van der Waals surface area contributed by atoms with Crippen molar-refractivity contribution in [3.8, 4) is 0 Å². The molecule has 5 heteroatoms. The summed E-state index contributed by atoms with van der Waals surface area (Å²) in [6.07, 6.45) is 0. The van der Waals surface area contributed by atoms with Crippen LogP contribution in [0.1, 0.15) is 6.92 Å². The molecule has 8 heavy (non-hydrogen) atoms. The second kappa shape index (κ2) is 2.89. The topological polar surface area (TPSA) is 26.3 Å². The standard InChI is InChI=1S/C3H6O2S3/c1-3(6,7)2(4)5-8/h6-8H,1H3. The molecule has 2 nitrogen and oxygen atoms in total. The minimum absolute atomic E-state index is 0.576. The fraction of sp³-hybridized carbons (Fsp3) is 0.667. The number of carbonyl (C=O) groups excluding carboxylic acids is 1. The Kier molecular flexibility index (Phi) is 3.08. The van der Waals surface area contributed by atoms with Crippen molar-refractivity contribution < 1.29 is 8.98 Å². The zero-order valence-electron chi connectivity index (χ0n) is 4.16.